The summed E-state index contributed by atoms with van der Waals surface area (Å²) in [6.45, 7) is 1.46. The van der Waals surface area contributed by atoms with Gasteiger partial charge in [-0.2, -0.15) is 0 Å². The largest absolute Gasteiger partial charge is 0.481 e. The van der Waals surface area contributed by atoms with Crippen molar-refractivity contribution in [3.8, 4) is 0 Å². The highest BCUT2D eigenvalue weighted by molar-refractivity contribution is 8.00. The molecule has 0 unspecified atom stereocenters. The lowest BCUT2D eigenvalue weighted by Crippen LogP contribution is -2.41. The van der Waals surface area contributed by atoms with Crippen LogP contribution in [0.3, 0.4) is 0 Å². The van der Waals surface area contributed by atoms with Crippen molar-refractivity contribution in [2.24, 2.45) is 5.73 Å². The van der Waals surface area contributed by atoms with Crippen LogP contribution in [0.4, 0.5) is 0 Å². The maximum Gasteiger partial charge on any atom is 0.326 e. The van der Waals surface area contributed by atoms with E-state index in [-0.39, 0.29) is 146 Å². The lowest BCUT2D eigenvalue weighted by molar-refractivity contribution is -0.142. The van der Waals surface area contributed by atoms with Gasteiger partial charge in [-0.05, 0) is 19.3 Å². The van der Waals surface area contributed by atoms with Crippen molar-refractivity contribution < 1.29 is 72.6 Å². The fraction of sp³-hybridized carbons (Fsp3) is 0.778. The molecule has 0 aliphatic rings. The van der Waals surface area contributed by atoms with Gasteiger partial charge < -0.3 is 66.6 Å². The molecule has 0 saturated heterocycles. The average molecular weight is 853 g/mol. The Morgan fingerprint density at radius 1 is 0.500 bits per heavy atom. The molecule has 2 atom stereocenters. The third-order valence-electron chi connectivity index (χ3n) is 7.80. The van der Waals surface area contributed by atoms with E-state index in [0.29, 0.717) is 12.8 Å². The van der Waals surface area contributed by atoms with E-state index in [2.05, 4.69) is 26.6 Å². The van der Waals surface area contributed by atoms with Gasteiger partial charge in [0.25, 0.3) is 0 Å². The lowest BCUT2D eigenvalue weighted by Gasteiger charge is -2.14. The summed E-state index contributed by atoms with van der Waals surface area (Å²) >= 11 is 1.10. The first kappa shape index (κ1) is 53.9. The minimum Gasteiger partial charge on any atom is -0.481 e. The van der Waals surface area contributed by atoms with Gasteiger partial charge in [0.15, 0.2) is 0 Å². The SMILES string of the molecule is N[C@@H](CSCC(=O)NCCNC(=O)COCCOCCNC(=O)COCCOCCNC(=O)CC[C@H](NC(=O)CCCCCCCCCCC(=O)O)C(=O)O)C(=O)O. The first-order valence-electron chi connectivity index (χ1n) is 19.5. The maximum absolute atomic E-state index is 12.2. The van der Waals surface area contributed by atoms with E-state index in [1.807, 2.05) is 0 Å². The molecule has 0 saturated carbocycles. The van der Waals surface area contributed by atoms with Crippen molar-refractivity contribution in [1.29, 1.82) is 0 Å². The molecule has 0 aromatic rings. The van der Waals surface area contributed by atoms with Gasteiger partial charge in [0.1, 0.15) is 25.3 Å². The van der Waals surface area contributed by atoms with E-state index in [9.17, 15) is 43.5 Å². The molecular weight excluding hydrogens is 788 g/mol. The Bertz CT molecular complexity index is 1220. The highest BCUT2D eigenvalue weighted by atomic mass is 32.2. The zero-order valence-corrected chi connectivity index (χ0v) is 34.1. The van der Waals surface area contributed by atoms with Gasteiger partial charge in [-0.15, -0.1) is 11.8 Å². The summed E-state index contributed by atoms with van der Waals surface area (Å²) in [5.41, 5.74) is 5.36. The highest BCUT2D eigenvalue weighted by Gasteiger charge is 2.21. The van der Waals surface area contributed by atoms with Crippen LogP contribution in [0.15, 0.2) is 0 Å². The van der Waals surface area contributed by atoms with Crippen LogP contribution < -0.4 is 32.3 Å². The van der Waals surface area contributed by atoms with E-state index in [1.165, 1.54) is 0 Å². The first-order valence-corrected chi connectivity index (χ1v) is 20.6. The summed E-state index contributed by atoms with van der Waals surface area (Å²) < 4.78 is 21.1. The molecule has 5 amide bonds. The molecule has 0 bridgehead atoms. The number of ether oxygens (including phenoxy) is 4. The van der Waals surface area contributed by atoms with Crippen LogP contribution in [0.25, 0.3) is 0 Å². The minimum atomic E-state index is -1.22. The summed E-state index contributed by atoms with van der Waals surface area (Å²) in [6, 6.07) is -2.21. The second kappa shape index (κ2) is 37.2. The van der Waals surface area contributed by atoms with Gasteiger partial charge in [0, 0.05) is 51.2 Å². The molecular formula is C36H64N6O15S. The zero-order valence-electron chi connectivity index (χ0n) is 33.3. The van der Waals surface area contributed by atoms with Crippen molar-refractivity contribution in [1.82, 2.24) is 26.6 Å². The van der Waals surface area contributed by atoms with Gasteiger partial charge in [0.2, 0.25) is 29.5 Å². The summed E-state index contributed by atoms with van der Waals surface area (Å²) in [5, 5.41) is 39.7. The number of rotatable bonds is 40. The fourth-order valence-corrected chi connectivity index (χ4v) is 5.51. The van der Waals surface area contributed by atoms with Crippen molar-refractivity contribution in [3.05, 3.63) is 0 Å². The molecule has 22 heteroatoms. The Morgan fingerprint density at radius 3 is 1.48 bits per heavy atom. The molecule has 0 rings (SSSR count). The molecule has 0 aliphatic carbocycles. The van der Waals surface area contributed by atoms with Crippen LogP contribution in [-0.2, 0) is 57.3 Å². The van der Waals surface area contributed by atoms with Crippen LogP contribution >= 0.6 is 11.8 Å². The topological polar surface area (TPSA) is 320 Å². The van der Waals surface area contributed by atoms with Crippen LogP contribution in [0.2, 0.25) is 0 Å². The van der Waals surface area contributed by atoms with Gasteiger partial charge >= 0.3 is 17.9 Å². The monoisotopic (exact) mass is 852 g/mol. The maximum atomic E-state index is 12.2. The van der Waals surface area contributed by atoms with Crippen LogP contribution in [0, 0.1) is 0 Å². The van der Waals surface area contributed by atoms with Crippen LogP contribution in [0.1, 0.15) is 77.0 Å². The second-order valence-electron chi connectivity index (χ2n) is 12.9. The molecule has 0 fully saturated rings. The Morgan fingerprint density at radius 2 is 0.966 bits per heavy atom. The first-order chi connectivity index (χ1) is 27.8. The normalized spacial score (nSPS) is 11.9. The molecule has 21 nitrogen and oxygen atoms in total. The number of carboxylic acid groups (broad SMARTS) is 3. The fourth-order valence-electron chi connectivity index (χ4n) is 4.71. The quantitative estimate of drug-likeness (QED) is 0.0334. The Kier molecular flexibility index (Phi) is 34.6. The van der Waals surface area contributed by atoms with Crippen molar-refractivity contribution in [2.45, 2.75) is 89.1 Å². The van der Waals surface area contributed by atoms with Gasteiger partial charge in [-0.3, -0.25) is 33.6 Å². The summed E-state index contributed by atoms with van der Waals surface area (Å²) in [4.78, 5) is 92.4. The molecule has 0 aromatic carbocycles. The molecule has 0 heterocycles. The summed E-state index contributed by atoms with van der Waals surface area (Å²) in [7, 11) is 0. The predicted molar refractivity (Wildman–Crippen MR) is 211 cm³/mol. The van der Waals surface area contributed by atoms with Crippen molar-refractivity contribution >= 4 is 59.2 Å². The van der Waals surface area contributed by atoms with E-state index in [0.717, 1.165) is 50.3 Å². The number of amides is 5. The number of aliphatic carboxylic acids is 3. The molecule has 334 valence electrons. The molecule has 58 heavy (non-hydrogen) atoms. The Hall–Kier alpha value is -4.09. The van der Waals surface area contributed by atoms with Crippen molar-refractivity contribution in [3.63, 3.8) is 0 Å². The zero-order chi connectivity index (χ0) is 43.2. The number of carboxylic acids is 3. The molecule has 0 aromatic heterocycles. The number of unbranched alkanes of at least 4 members (excludes halogenated alkanes) is 7. The number of hydrogen-bond acceptors (Lipinski definition) is 14. The third kappa shape index (κ3) is 36.3. The number of carbonyl (C=O) groups excluding carboxylic acids is 5. The van der Waals surface area contributed by atoms with E-state index >= 15 is 0 Å². The standard InChI is InChI=1S/C36H64N6O15S/c37-27(35(50)51)25-58-26-33(47)39-14-13-38-31(45)23-56-21-20-55-18-16-41-32(46)24-57-22-19-54-17-15-40-29(43)12-11-28(36(52)53)42-30(44)9-7-5-3-1-2-4-6-8-10-34(48)49/h27-28H,1-26,37H2,(H,38,45)(H,39,47)(H,40,43)(H,41,46)(H,42,44)(H,48,49)(H,50,51)(H,52,53)/t27-,28-/m0/s1. The lowest BCUT2D eigenvalue weighted by atomic mass is 10.1. The van der Waals surface area contributed by atoms with E-state index in [1.54, 1.807) is 0 Å². The van der Waals surface area contributed by atoms with Gasteiger partial charge in [0.05, 0.1) is 45.4 Å². The van der Waals surface area contributed by atoms with Crippen molar-refractivity contribution in [2.75, 3.05) is 90.5 Å². The number of nitrogens with two attached hydrogens (primary N) is 1. The Balaban J connectivity index is 3.67. The average Bonchev–Trinajstić information content (AvgIpc) is 3.17. The van der Waals surface area contributed by atoms with E-state index in [4.69, 9.17) is 34.9 Å². The molecule has 0 aliphatic heterocycles. The highest BCUT2D eigenvalue weighted by Crippen LogP contribution is 2.11. The Labute approximate surface area is 343 Å². The van der Waals surface area contributed by atoms with E-state index < -0.39 is 30.0 Å². The second-order valence-corrected chi connectivity index (χ2v) is 13.9. The van der Waals surface area contributed by atoms with Crippen LogP contribution in [0.5, 0.6) is 0 Å². The number of thioether (sulfide) groups is 1. The number of nitrogens with one attached hydrogen (secondary N) is 5. The summed E-state index contributed by atoms with van der Waals surface area (Å²) in [6.07, 6.45) is 7.22. The predicted octanol–water partition coefficient (Wildman–Crippen LogP) is -1.00. The van der Waals surface area contributed by atoms with Crippen LogP contribution in [-0.4, -0.2) is 165 Å². The molecule has 10 N–H and O–H groups in total. The number of carbonyl (C=O) groups is 8. The molecule has 0 spiro atoms. The number of hydrogen-bond donors (Lipinski definition) is 9. The van der Waals surface area contributed by atoms with Gasteiger partial charge in [-0.1, -0.05) is 38.5 Å². The minimum absolute atomic E-state index is 0.0541. The molecule has 0 radical (unpaired) electrons. The van der Waals surface area contributed by atoms with Gasteiger partial charge in [-0.25, -0.2) is 4.79 Å². The smallest absolute Gasteiger partial charge is 0.326 e. The summed E-state index contributed by atoms with van der Waals surface area (Å²) in [5.74, 6) is -4.76. The third-order valence-corrected chi connectivity index (χ3v) is 8.86.